The summed E-state index contributed by atoms with van der Waals surface area (Å²) in [6, 6.07) is 5.45. The second-order valence-electron chi connectivity index (χ2n) is 5.72. The molecule has 0 spiro atoms. The summed E-state index contributed by atoms with van der Waals surface area (Å²) in [4.78, 5) is 10.2. The molecule has 0 heterocycles. The predicted octanol–water partition coefficient (Wildman–Crippen LogP) is 5.79. The lowest BCUT2D eigenvalue weighted by molar-refractivity contribution is -0.384. The number of alkyl halides is 3. The zero-order chi connectivity index (χ0) is 22.3. The first kappa shape index (κ1) is 23.2. The van der Waals surface area contributed by atoms with E-state index >= 15 is 0 Å². The number of benzene rings is 2. The van der Waals surface area contributed by atoms with Crippen LogP contribution in [0, 0.1) is 10.1 Å². The molecule has 2 aromatic rings. The van der Waals surface area contributed by atoms with E-state index in [1.807, 2.05) is 0 Å². The van der Waals surface area contributed by atoms with Crippen LogP contribution in [0.2, 0.25) is 0 Å². The fourth-order valence-electron chi connectivity index (χ4n) is 2.34. The van der Waals surface area contributed by atoms with Crippen molar-refractivity contribution in [2.45, 2.75) is 13.1 Å². The molecular formula is C19H17BrF3N3O4. The standard InChI is InChI=1S/C19H17BrF3N3O4/c1-3-7-30-18-14(20)8-12(9-17(18)29-4-2)11-24-25-15-6-5-13(19(21,22)23)10-16(15)26(27)28/h3,5-6,8-11,25H,1,4,7H2,2H3/b24-11-. The van der Waals surface area contributed by atoms with Gasteiger partial charge in [0.15, 0.2) is 11.5 Å². The number of nitrogens with one attached hydrogen (secondary N) is 1. The van der Waals surface area contributed by atoms with E-state index in [2.05, 4.69) is 33.0 Å². The molecule has 2 rings (SSSR count). The Bertz CT molecular complexity index is 965. The Morgan fingerprint density at radius 1 is 1.30 bits per heavy atom. The van der Waals surface area contributed by atoms with E-state index in [9.17, 15) is 23.3 Å². The third-order valence-electron chi connectivity index (χ3n) is 3.60. The van der Waals surface area contributed by atoms with Crippen LogP contribution in [0.25, 0.3) is 0 Å². The number of halogens is 4. The molecule has 0 saturated carbocycles. The van der Waals surface area contributed by atoms with Gasteiger partial charge in [-0.2, -0.15) is 18.3 Å². The fourth-order valence-corrected chi connectivity index (χ4v) is 2.91. The van der Waals surface area contributed by atoms with Crippen molar-refractivity contribution in [2.75, 3.05) is 18.6 Å². The second-order valence-corrected chi connectivity index (χ2v) is 6.57. The molecule has 2 aromatic carbocycles. The van der Waals surface area contributed by atoms with Crippen molar-refractivity contribution in [3.63, 3.8) is 0 Å². The molecule has 0 saturated heterocycles. The Balaban J connectivity index is 2.28. The van der Waals surface area contributed by atoms with Crippen molar-refractivity contribution in [3.05, 3.63) is 68.7 Å². The molecule has 0 unspecified atom stereocenters. The maximum absolute atomic E-state index is 12.8. The fraction of sp³-hybridized carbons (Fsp3) is 0.211. The average Bonchev–Trinajstić information content (AvgIpc) is 2.67. The number of nitrogens with zero attached hydrogens (tertiary/aromatic N) is 2. The van der Waals surface area contributed by atoms with Crippen molar-refractivity contribution in [1.29, 1.82) is 0 Å². The van der Waals surface area contributed by atoms with E-state index < -0.39 is 22.4 Å². The van der Waals surface area contributed by atoms with Crippen molar-refractivity contribution >= 4 is 33.5 Å². The van der Waals surface area contributed by atoms with Gasteiger partial charge in [0.25, 0.3) is 5.69 Å². The van der Waals surface area contributed by atoms with E-state index in [1.54, 1.807) is 25.1 Å². The quantitative estimate of drug-likeness (QED) is 0.209. The van der Waals surface area contributed by atoms with Crippen molar-refractivity contribution in [2.24, 2.45) is 5.10 Å². The van der Waals surface area contributed by atoms with E-state index in [0.29, 0.717) is 34.2 Å². The summed E-state index contributed by atoms with van der Waals surface area (Å²) in [5.74, 6) is 0.913. The summed E-state index contributed by atoms with van der Waals surface area (Å²) in [6.45, 7) is 6.04. The summed E-state index contributed by atoms with van der Waals surface area (Å²) >= 11 is 3.37. The normalized spacial score (nSPS) is 11.4. The van der Waals surface area contributed by atoms with Gasteiger partial charge < -0.3 is 9.47 Å². The minimum absolute atomic E-state index is 0.181. The SMILES string of the molecule is C=CCOc1c(Br)cc(/C=N\Nc2ccc(C(F)(F)F)cc2[N+](=O)[O-])cc1OCC. The number of hydrazone groups is 1. The number of rotatable bonds is 9. The van der Waals surface area contributed by atoms with Crippen LogP contribution in [-0.4, -0.2) is 24.4 Å². The monoisotopic (exact) mass is 487 g/mol. The third-order valence-corrected chi connectivity index (χ3v) is 4.19. The van der Waals surface area contributed by atoms with Gasteiger partial charge in [-0.15, -0.1) is 0 Å². The molecule has 0 aliphatic rings. The smallest absolute Gasteiger partial charge is 0.416 e. The highest BCUT2D eigenvalue weighted by molar-refractivity contribution is 9.10. The van der Waals surface area contributed by atoms with Gasteiger partial charge in [-0.1, -0.05) is 12.7 Å². The number of anilines is 1. The maximum atomic E-state index is 12.8. The van der Waals surface area contributed by atoms with Crippen LogP contribution in [0.3, 0.4) is 0 Å². The summed E-state index contributed by atoms with van der Waals surface area (Å²) in [5, 5.41) is 15.0. The van der Waals surface area contributed by atoms with Crippen LogP contribution in [0.5, 0.6) is 11.5 Å². The average molecular weight is 488 g/mol. The topological polar surface area (TPSA) is 86.0 Å². The van der Waals surface area contributed by atoms with Gasteiger partial charge in [0.2, 0.25) is 0 Å². The maximum Gasteiger partial charge on any atom is 0.416 e. The van der Waals surface area contributed by atoms with Gasteiger partial charge in [-0.3, -0.25) is 15.5 Å². The minimum Gasteiger partial charge on any atom is -0.490 e. The van der Waals surface area contributed by atoms with Crippen LogP contribution in [0.1, 0.15) is 18.1 Å². The van der Waals surface area contributed by atoms with Crippen LogP contribution < -0.4 is 14.9 Å². The first-order chi connectivity index (χ1) is 14.2. The van der Waals surface area contributed by atoms with Crippen molar-refractivity contribution in [1.82, 2.24) is 0 Å². The third kappa shape index (κ3) is 5.96. The van der Waals surface area contributed by atoms with Gasteiger partial charge in [0.05, 0.1) is 27.8 Å². The highest BCUT2D eigenvalue weighted by atomic mass is 79.9. The van der Waals surface area contributed by atoms with Crippen LogP contribution >= 0.6 is 15.9 Å². The molecular weight excluding hydrogens is 471 g/mol. The molecule has 1 N–H and O–H groups in total. The summed E-state index contributed by atoms with van der Waals surface area (Å²) in [5.41, 5.74) is 0.909. The molecule has 0 amide bonds. The van der Waals surface area contributed by atoms with Crippen LogP contribution in [0.4, 0.5) is 24.5 Å². The highest BCUT2D eigenvalue weighted by Gasteiger charge is 2.33. The number of nitro groups is 1. The lowest BCUT2D eigenvalue weighted by atomic mass is 10.1. The molecule has 160 valence electrons. The van der Waals surface area contributed by atoms with Crippen LogP contribution in [0.15, 0.2) is 52.6 Å². The van der Waals surface area contributed by atoms with Crippen molar-refractivity contribution in [3.8, 4) is 11.5 Å². The largest absolute Gasteiger partial charge is 0.490 e. The summed E-state index contributed by atoms with van der Waals surface area (Å²) < 4.78 is 50.0. The number of ether oxygens (including phenoxy) is 2. The molecule has 0 atom stereocenters. The Kier molecular flexibility index (Phi) is 7.81. The first-order valence-electron chi connectivity index (χ1n) is 8.52. The van der Waals surface area contributed by atoms with Gasteiger partial charge in [0.1, 0.15) is 12.3 Å². The van der Waals surface area contributed by atoms with Gasteiger partial charge in [-0.25, -0.2) is 0 Å². The molecule has 0 bridgehead atoms. The Morgan fingerprint density at radius 3 is 2.63 bits per heavy atom. The minimum atomic E-state index is -4.69. The molecule has 0 aliphatic heterocycles. The number of nitro benzene ring substituents is 1. The Labute approximate surface area is 178 Å². The number of hydrogen-bond acceptors (Lipinski definition) is 6. The lowest BCUT2D eigenvalue weighted by Gasteiger charge is -2.13. The molecule has 0 radical (unpaired) electrons. The second kappa shape index (κ2) is 10.1. The summed E-state index contributed by atoms with van der Waals surface area (Å²) in [7, 11) is 0. The lowest BCUT2D eigenvalue weighted by Crippen LogP contribution is -2.06. The van der Waals surface area contributed by atoms with Crippen molar-refractivity contribution < 1.29 is 27.6 Å². The predicted molar refractivity (Wildman–Crippen MR) is 110 cm³/mol. The number of hydrogen-bond donors (Lipinski definition) is 1. The molecule has 0 fully saturated rings. The Morgan fingerprint density at radius 2 is 2.03 bits per heavy atom. The summed E-state index contributed by atoms with van der Waals surface area (Å²) in [6.07, 6.45) is -1.77. The molecule has 11 heteroatoms. The molecule has 0 aromatic heterocycles. The zero-order valence-corrected chi connectivity index (χ0v) is 17.3. The van der Waals surface area contributed by atoms with Gasteiger partial charge >= 0.3 is 6.18 Å². The van der Waals surface area contributed by atoms with Gasteiger partial charge in [0, 0.05) is 6.07 Å². The molecule has 30 heavy (non-hydrogen) atoms. The van der Waals surface area contributed by atoms with E-state index in [1.165, 1.54) is 6.21 Å². The van der Waals surface area contributed by atoms with Crippen LogP contribution in [-0.2, 0) is 6.18 Å². The molecule has 7 nitrogen and oxygen atoms in total. The van der Waals surface area contributed by atoms with E-state index in [0.717, 1.165) is 12.1 Å². The van der Waals surface area contributed by atoms with E-state index in [4.69, 9.17) is 9.47 Å². The van der Waals surface area contributed by atoms with Gasteiger partial charge in [-0.05, 0) is 52.7 Å². The first-order valence-corrected chi connectivity index (χ1v) is 9.31. The molecule has 0 aliphatic carbocycles. The Hall–Kier alpha value is -3.08. The van der Waals surface area contributed by atoms with E-state index in [-0.39, 0.29) is 12.3 Å². The highest BCUT2D eigenvalue weighted by Crippen LogP contribution is 2.37. The zero-order valence-electron chi connectivity index (χ0n) is 15.7.